The van der Waals surface area contributed by atoms with Gasteiger partial charge in [0.25, 0.3) is 0 Å². The fourth-order valence-corrected chi connectivity index (χ4v) is 1.04. The van der Waals surface area contributed by atoms with Crippen molar-refractivity contribution in [2.45, 2.75) is 20.5 Å². The number of rotatable bonds is 5. The minimum Gasteiger partial charge on any atom is -0.478 e. The third kappa shape index (κ3) is 2.32. The molecule has 0 aliphatic rings. The van der Waals surface area contributed by atoms with E-state index >= 15 is 0 Å². The normalized spacial score (nSPS) is 9.93. The Labute approximate surface area is 82.7 Å². The number of aliphatic hydroxyl groups is 1. The topological polar surface area (TPSA) is 64.5 Å². The van der Waals surface area contributed by atoms with Crippen molar-refractivity contribution >= 4 is 0 Å². The first-order chi connectivity index (χ1) is 6.83. The number of nitrogens with zero attached hydrogens (tertiary/aromatic N) is 2. The second-order valence-corrected chi connectivity index (χ2v) is 2.49. The fourth-order valence-electron chi connectivity index (χ4n) is 1.04. The lowest BCUT2D eigenvalue weighted by atomic mass is 10.3. The highest BCUT2D eigenvalue weighted by Gasteiger charge is 2.11. The van der Waals surface area contributed by atoms with E-state index in [2.05, 4.69) is 9.97 Å². The van der Waals surface area contributed by atoms with Crippen molar-refractivity contribution in [1.29, 1.82) is 0 Å². The Balaban J connectivity index is 2.98. The van der Waals surface area contributed by atoms with E-state index in [1.165, 1.54) is 6.33 Å². The van der Waals surface area contributed by atoms with E-state index < -0.39 is 0 Å². The molecule has 14 heavy (non-hydrogen) atoms. The molecule has 0 spiro atoms. The lowest BCUT2D eigenvalue weighted by Crippen LogP contribution is -2.05. The molecule has 0 atom stereocenters. The lowest BCUT2D eigenvalue weighted by molar-refractivity contribution is 0.244. The molecular formula is C9H14N2O3. The van der Waals surface area contributed by atoms with Gasteiger partial charge in [-0.2, -0.15) is 0 Å². The van der Waals surface area contributed by atoms with Crippen molar-refractivity contribution in [2.75, 3.05) is 13.2 Å². The van der Waals surface area contributed by atoms with Gasteiger partial charge in [-0.3, -0.25) is 0 Å². The summed E-state index contributed by atoms with van der Waals surface area (Å²) in [5.41, 5.74) is 0.496. The number of ether oxygens (including phenoxy) is 2. The zero-order valence-electron chi connectivity index (χ0n) is 8.36. The van der Waals surface area contributed by atoms with E-state index in [4.69, 9.17) is 14.6 Å². The Morgan fingerprint density at radius 3 is 2.00 bits per heavy atom. The molecule has 0 saturated heterocycles. The van der Waals surface area contributed by atoms with Gasteiger partial charge in [0.2, 0.25) is 11.8 Å². The molecule has 0 bridgehead atoms. The molecule has 5 heteroatoms. The van der Waals surface area contributed by atoms with Gasteiger partial charge in [-0.25, -0.2) is 9.97 Å². The molecule has 1 heterocycles. The van der Waals surface area contributed by atoms with Crippen molar-refractivity contribution in [3.63, 3.8) is 0 Å². The Bertz CT molecular complexity index is 267. The standard InChI is InChI=1S/C9H14N2O3/c1-3-13-8-7(5-12)9(14-4-2)11-6-10-8/h6,12H,3-5H2,1-2H3. The van der Waals surface area contributed by atoms with Crippen LogP contribution in [-0.2, 0) is 6.61 Å². The van der Waals surface area contributed by atoms with Gasteiger partial charge in [0, 0.05) is 0 Å². The van der Waals surface area contributed by atoms with Crippen LogP contribution in [0.2, 0.25) is 0 Å². The molecule has 1 aromatic rings. The van der Waals surface area contributed by atoms with E-state index in [0.29, 0.717) is 30.5 Å². The third-order valence-electron chi connectivity index (χ3n) is 1.59. The Morgan fingerprint density at radius 1 is 1.14 bits per heavy atom. The summed E-state index contributed by atoms with van der Waals surface area (Å²) in [4.78, 5) is 7.82. The summed E-state index contributed by atoms with van der Waals surface area (Å²) in [5, 5.41) is 9.11. The maximum atomic E-state index is 9.11. The van der Waals surface area contributed by atoms with Crippen LogP contribution < -0.4 is 9.47 Å². The molecule has 1 aromatic heterocycles. The van der Waals surface area contributed by atoms with Crippen molar-refractivity contribution in [1.82, 2.24) is 9.97 Å². The Kier molecular flexibility index (Phi) is 4.12. The SMILES string of the molecule is CCOc1ncnc(OCC)c1CO. The predicted octanol–water partition coefficient (Wildman–Crippen LogP) is 0.766. The van der Waals surface area contributed by atoms with Gasteiger partial charge in [0.05, 0.1) is 19.8 Å². The summed E-state index contributed by atoms with van der Waals surface area (Å²) < 4.78 is 10.4. The van der Waals surface area contributed by atoms with E-state index in [-0.39, 0.29) is 6.61 Å². The minimum atomic E-state index is -0.189. The molecule has 0 saturated carbocycles. The molecule has 0 aliphatic carbocycles. The van der Waals surface area contributed by atoms with Crippen LogP contribution in [0.5, 0.6) is 11.8 Å². The number of aromatic nitrogens is 2. The van der Waals surface area contributed by atoms with E-state index in [1.807, 2.05) is 13.8 Å². The number of hydrogen-bond acceptors (Lipinski definition) is 5. The highest BCUT2D eigenvalue weighted by atomic mass is 16.5. The van der Waals surface area contributed by atoms with E-state index in [1.54, 1.807) is 0 Å². The van der Waals surface area contributed by atoms with Crippen molar-refractivity contribution in [2.24, 2.45) is 0 Å². The first kappa shape index (κ1) is 10.7. The van der Waals surface area contributed by atoms with Crippen LogP contribution >= 0.6 is 0 Å². The number of aliphatic hydroxyl groups excluding tert-OH is 1. The quantitative estimate of drug-likeness (QED) is 0.756. The summed E-state index contributed by atoms with van der Waals surface area (Å²) in [6.07, 6.45) is 1.36. The molecule has 0 unspecified atom stereocenters. The molecule has 0 fully saturated rings. The van der Waals surface area contributed by atoms with Gasteiger partial charge < -0.3 is 14.6 Å². The largest absolute Gasteiger partial charge is 0.478 e. The van der Waals surface area contributed by atoms with Crippen molar-refractivity contribution in [3.8, 4) is 11.8 Å². The summed E-state index contributed by atoms with van der Waals surface area (Å²) >= 11 is 0. The highest BCUT2D eigenvalue weighted by Crippen LogP contribution is 2.23. The molecular weight excluding hydrogens is 184 g/mol. The third-order valence-corrected chi connectivity index (χ3v) is 1.59. The van der Waals surface area contributed by atoms with Crippen LogP contribution in [0.15, 0.2) is 6.33 Å². The predicted molar refractivity (Wildman–Crippen MR) is 50.3 cm³/mol. The minimum absolute atomic E-state index is 0.189. The molecule has 0 radical (unpaired) electrons. The second kappa shape index (κ2) is 5.39. The van der Waals surface area contributed by atoms with E-state index in [0.717, 1.165) is 0 Å². The average molecular weight is 198 g/mol. The maximum Gasteiger partial charge on any atom is 0.225 e. The Morgan fingerprint density at radius 2 is 1.64 bits per heavy atom. The highest BCUT2D eigenvalue weighted by molar-refractivity contribution is 5.33. The van der Waals surface area contributed by atoms with Gasteiger partial charge in [-0.15, -0.1) is 0 Å². The van der Waals surface area contributed by atoms with Gasteiger partial charge in [0.15, 0.2) is 0 Å². The Hall–Kier alpha value is -1.36. The van der Waals surface area contributed by atoms with E-state index in [9.17, 15) is 0 Å². The number of hydrogen-bond donors (Lipinski definition) is 1. The summed E-state index contributed by atoms with van der Waals surface area (Å²) in [6.45, 7) is 4.50. The van der Waals surface area contributed by atoms with Crippen LogP contribution in [0.3, 0.4) is 0 Å². The summed E-state index contributed by atoms with van der Waals surface area (Å²) in [5.74, 6) is 0.766. The van der Waals surface area contributed by atoms with Crippen LogP contribution in [-0.4, -0.2) is 28.3 Å². The molecule has 78 valence electrons. The van der Waals surface area contributed by atoms with Gasteiger partial charge in [-0.05, 0) is 13.8 Å². The smallest absolute Gasteiger partial charge is 0.225 e. The van der Waals surface area contributed by atoms with Crippen molar-refractivity contribution in [3.05, 3.63) is 11.9 Å². The molecule has 0 amide bonds. The maximum absolute atomic E-state index is 9.11. The van der Waals surface area contributed by atoms with Crippen LogP contribution in [0.25, 0.3) is 0 Å². The summed E-state index contributed by atoms with van der Waals surface area (Å²) in [6, 6.07) is 0. The van der Waals surface area contributed by atoms with Crippen LogP contribution in [0.4, 0.5) is 0 Å². The zero-order chi connectivity index (χ0) is 10.4. The lowest BCUT2D eigenvalue weighted by Gasteiger charge is -2.10. The molecule has 5 nitrogen and oxygen atoms in total. The van der Waals surface area contributed by atoms with Gasteiger partial charge >= 0.3 is 0 Å². The first-order valence-corrected chi connectivity index (χ1v) is 4.53. The average Bonchev–Trinajstić information content (AvgIpc) is 2.19. The van der Waals surface area contributed by atoms with Crippen LogP contribution in [0, 0.1) is 0 Å². The molecule has 0 aliphatic heterocycles. The van der Waals surface area contributed by atoms with Crippen LogP contribution in [0.1, 0.15) is 19.4 Å². The monoisotopic (exact) mass is 198 g/mol. The van der Waals surface area contributed by atoms with Gasteiger partial charge in [0.1, 0.15) is 11.9 Å². The molecule has 1 N–H and O–H groups in total. The second-order valence-electron chi connectivity index (χ2n) is 2.49. The van der Waals surface area contributed by atoms with Crippen molar-refractivity contribution < 1.29 is 14.6 Å². The molecule has 0 aromatic carbocycles. The fraction of sp³-hybridized carbons (Fsp3) is 0.556. The molecule has 1 rings (SSSR count). The zero-order valence-corrected chi connectivity index (χ0v) is 8.36. The first-order valence-electron chi connectivity index (χ1n) is 4.53. The van der Waals surface area contributed by atoms with Gasteiger partial charge in [-0.1, -0.05) is 0 Å². The summed E-state index contributed by atoms with van der Waals surface area (Å²) in [7, 11) is 0.